The molecule has 1 amide bonds. The summed E-state index contributed by atoms with van der Waals surface area (Å²) in [5, 5.41) is 6.80. The number of amides is 1. The van der Waals surface area contributed by atoms with Gasteiger partial charge in [0.2, 0.25) is 5.89 Å². The van der Waals surface area contributed by atoms with Crippen LogP contribution in [0.25, 0.3) is 0 Å². The van der Waals surface area contributed by atoms with Crippen LogP contribution in [0.1, 0.15) is 74.4 Å². The van der Waals surface area contributed by atoms with Crippen LogP contribution in [-0.2, 0) is 0 Å². The van der Waals surface area contributed by atoms with Crippen molar-refractivity contribution in [2.75, 3.05) is 6.54 Å². The van der Waals surface area contributed by atoms with Crippen molar-refractivity contribution in [3.8, 4) is 0 Å². The fourth-order valence-electron chi connectivity index (χ4n) is 3.91. The molecule has 1 saturated heterocycles. The van der Waals surface area contributed by atoms with Crippen LogP contribution in [0.4, 0.5) is 0 Å². The zero-order valence-electron chi connectivity index (χ0n) is 13.1. The van der Waals surface area contributed by atoms with Gasteiger partial charge in [-0.05, 0) is 57.4 Å². The largest absolute Gasteiger partial charge is 0.346 e. The van der Waals surface area contributed by atoms with Crippen molar-refractivity contribution in [3.05, 3.63) is 11.7 Å². The summed E-state index contributed by atoms with van der Waals surface area (Å²) in [4.78, 5) is 18.9. The molecule has 2 saturated carbocycles. The van der Waals surface area contributed by atoms with Crippen LogP contribution in [-0.4, -0.2) is 39.6 Å². The number of hydrogen-bond donors (Lipinski definition) is 1. The Hall–Kier alpha value is -1.43. The van der Waals surface area contributed by atoms with E-state index >= 15 is 0 Å². The zero-order valence-corrected chi connectivity index (χ0v) is 13.1. The summed E-state index contributed by atoms with van der Waals surface area (Å²) >= 11 is 0. The number of likely N-dealkylation sites (tertiary alicyclic amines) is 1. The Bertz CT molecular complexity index is 554. The van der Waals surface area contributed by atoms with Gasteiger partial charge >= 0.3 is 0 Å². The van der Waals surface area contributed by atoms with Crippen molar-refractivity contribution in [2.24, 2.45) is 5.92 Å². The number of nitrogens with zero attached hydrogens (tertiary/aromatic N) is 3. The summed E-state index contributed by atoms with van der Waals surface area (Å²) in [6, 6.07) is 1.15. The lowest BCUT2D eigenvalue weighted by molar-refractivity contribution is 0.0937. The fraction of sp³-hybridized carbons (Fsp3) is 0.812. The molecule has 4 rings (SSSR count). The molecule has 0 radical (unpaired) electrons. The molecule has 6 nitrogen and oxygen atoms in total. The second-order valence-electron chi connectivity index (χ2n) is 7.17. The second-order valence-corrected chi connectivity index (χ2v) is 7.17. The van der Waals surface area contributed by atoms with Crippen molar-refractivity contribution in [1.82, 2.24) is 20.4 Å². The van der Waals surface area contributed by atoms with Crippen molar-refractivity contribution < 1.29 is 9.32 Å². The molecule has 1 aliphatic heterocycles. The first kappa shape index (κ1) is 14.2. The Labute approximate surface area is 130 Å². The highest BCUT2D eigenvalue weighted by molar-refractivity contribution is 5.90. The average Bonchev–Trinajstić information content (AvgIpc) is 2.96. The Balaban J connectivity index is 1.46. The highest BCUT2D eigenvalue weighted by Crippen LogP contribution is 2.39. The third-order valence-electron chi connectivity index (χ3n) is 5.27. The summed E-state index contributed by atoms with van der Waals surface area (Å²) in [5.74, 6) is 1.43. The Morgan fingerprint density at radius 1 is 1.27 bits per heavy atom. The Morgan fingerprint density at radius 2 is 2.14 bits per heavy atom. The smallest absolute Gasteiger partial charge is 0.292 e. The van der Waals surface area contributed by atoms with Gasteiger partial charge in [0.1, 0.15) is 0 Å². The summed E-state index contributed by atoms with van der Waals surface area (Å²) in [7, 11) is 0. The average molecular weight is 304 g/mol. The third kappa shape index (κ3) is 2.76. The molecule has 2 heterocycles. The molecule has 22 heavy (non-hydrogen) atoms. The molecule has 1 N–H and O–H groups in total. The van der Waals surface area contributed by atoms with E-state index in [4.69, 9.17) is 4.52 Å². The molecule has 0 aromatic carbocycles. The summed E-state index contributed by atoms with van der Waals surface area (Å²) < 4.78 is 5.42. The maximum absolute atomic E-state index is 12.0. The molecule has 0 unspecified atom stereocenters. The van der Waals surface area contributed by atoms with Gasteiger partial charge in [-0.3, -0.25) is 9.69 Å². The van der Waals surface area contributed by atoms with Crippen LogP contribution < -0.4 is 5.32 Å². The van der Waals surface area contributed by atoms with E-state index in [9.17, 15) is 4.79 Å². The van der Waals surface area contributed by atoms with Crippen LogP contribution in [0.3, 0.4) is 0 Å². The predicted octanol–water partition coefficient (Wildman–Crippen LogP) is 2.29. The minimum absolute atomic E-state index is 0.188. The Kier molecular flexibility index (Phi) is 3.64. The standard InChI is InChI=1S/C16H24N4O2/c1-10-4-7-12(9-10)20-8-2-3-13(20)16-18-14(19-22-16)15(21)17-11-5-6-11/h10-13H,2-9H2,1H3,(H,17,21)/t10-,12-,13+/m1/s1. The first-order valence-corrected chi connectivity index (χ1v) is 8.61. The minimum atomic E-state index is -0.198. The van der Waals surface area contributed by atoms with Gasteiger partial charge in [-0.1, -0.05) is 12.1 Å². The highest BCUT2D eigenvalue weighted by atomic mass is 16.5. The van der Waals surface area contributed by atoms with Gasteiger partial charge in [0.25, 0.3) is 11.7 Å². The molecule has 0 spiro atoms. The van der Waals surface area contributed by atoms with E-state index in [-0.39, 0.29) is 17.8 Å². The zero-order chi connectivity index (χ0) is 15.1. The lowest BCUT2D eigenvalue weighted by Crippen LogP contribution is -2.33. The number of hydrogen-bond acceptors (Lipinski definition) is 5. The van der Waals surface area contributed by atoms with Gasteiger partial charge in [-0.25, -0.2) is 0 Å². The van der Waals surface area contributed by atoms with Crippen molar-refractivity contribution in [2.45, 2.75) is 70.0 Å². The molecule has 3 aliphatic rings. The van der Waals surface area contributed by atoms with Gasteiger partial charge in [0, 0.05) is 12.1 Å². The SMILES string of the molecule is C[C@@H]1CC[C@@H](N2CCC[C@H]2c2nc(C(=O)NC3CC3)no2)C1. The maximum atomic E-state index is 12.0. The van der Waals surface area contributed by atoms with Crippen LogP contribution in [0.5, 0.6) is 0 Å². The monoisotopic (exact) mass is 304 g/mol. The molecule has 3 fully saturated rings. The molecule has 2 aliphatic carbocycles. The highest BCUT2D eigenvalue weighted by Gasteiger charge is 2.38. The Morgan fingerprint density at radius 3 is 2.86 bits per heavy atom. The summed E-state index contributed by atoms with van der Waals surface area (Å²) in [6.45, 7) is 3.44. The van der Waals surface area contributed by atoms with E-state index in [1.165, 1.54) is 25.7 Å². The van der Waals surface area contributed by atoms with Gasteiger partial charge in [-0.2, -0.15) is 4.98 Å². The molecule has 120 valence electrons. The maximum Gasteiger partial charge on any atom is 0.292 e. The summed E-state index contributed by atoms with van der Waals surface area (Å²) in [6.07, 6.45) is 8.19. The fourth-order valence-corrected chi connectivity index (χ4v) is 3.91. The van der Waals surface area contributed by atoms with E-state index in [0.29, 0.717) is 18.0 Å². The van der Waals surface area contributed by atoms with Crippen molar-refractivity contribution >= 4 is 5.91 Å². The minimum Gasteiger partial charge on any atom is -0.346 e. The van der Waals surface area contributed by atoms with Gasteiger partial charge in [0.05, 0.1) is 6.04 Å². The van der Waals surface area contributed by atoms with E-state index in [1.807, 2.05) is 0 Å². The molecule has 3 atom stereocenters. The summed E-state index contributed by atoms with van der Waals surface area (Å²) in [5.41, 5.74) is 0. The van der Waals surface area contributed by atoms with Gasteiger partial charge < -0.3 is 9.84 Å². The van der Waals surface area contributed by atoms with Crippen LogP contribution >= 0.6 is 0 Å². The lowest BCUT2D eigenvalue weighted by atomic mass is 10.1. The lowest BCUT2D eigenvalue weighted by Gasteiger charge is -2.28. The number of rotatable bonds is 4. The van der Waals surface area contributed by atoms with Crippen molar-refractivity contribution in [3.63, 3.8) is 0 Å². The normalized spacial score (nSPS) is 32.5. The van der Waals surface area contributed by atoms with Gasteiger partial charge in [0.15, 0.2) is 0 Å². The number of carbonyl (C=O) groups excluding carboxylic acids is 1. The number of aromatic nitrogens is 2. The molecule has 1 aromatic heterocycles. The predicted molar refractivity (Wildman–Crippen MR) is 80.3 cm³/mol. The third-order valence-corrected chi connectivity index (χ3v) is 5.27. The molecule has 1 aromatic rings. The van der Waals surface area contributed by atoms with E-state index in [0.717, 1.165) is 31.7 Å². The van der Waals surface area contributed by atoms with Crippen LogP contribution in [0, 0.1) is 5.92 Å². The first-order chi connectivity index (χ1) is 10.7. The second kappa shape index (κ2) is 5.65. The quantitative estimate of drug-likeness (QED) is 0.924. The van der Waals surface area contributed by atoms with E-state index < -0.39 is 0 Å². The van der Waals surface area contributed by atoms with Crippen LogP contribution in [0.2, 0.25) is 0 Å². The molecular weight excluding hydrogens is 280 g/mol. The number of nitrogens with one attached hydrogen (secondary N) is 1. The first-order valence-electron chi connectivity index (χ1n) is 8.61. The molecule has 6 heteroatoms. The molecule has 0 bridgehead atoms. The topological polar surface area (TPSA) is 71.3 Å². The van der Waals surface area contributed by atoms with E-state index in [1.54, 1.807) is 0 Å². The van der Waals surface area contributed by atoms with Crippen LogP contribution in [0.15, 0.2) is 4.52 Å². The van der Waals surface area contributed by atoms with E-state index in [2.05, 4.69) is 27.3 Å². The number of carbonyl (C=O) groups is 1. The van der Waals surface area contributed by atoms with Gasteiger partial charge in [-0.15, -0.1) is 0 Å². The molecular formula is C16H24N4O2. The van der Waals surface area contributed by atoms with Crippen molar-refractivity contribution in [1.29, 1.82) is 0 Å².